The third kappa shape index (κ3) is 5.07. The fourth-order valence-corrected chi connectivity index (χ4v) is 4.72. The summed E-state index contributed by atoms with van der Waals surface area (Å²) >= 11 is 0. The molecule has 1 aliphatic rings. The Hall–Kier alpha value is -3.66. The molecule has 3 aromatic carbocycles. The van der Waals surface area contributed by atoms with Crippen LogP contribution in [-0.4, -0.2) is 57.9 Å². The number of piperazine rings is 1. The maximum atomic E-state index is 14.4. The highest BCUT2D eigenvalue weighted by Gasteiger charge is 2.28. The second-order valence-corrected chi connectivity index (χ2v) is 10.2. The summed E-state index contributed by atoms with van der Waals surface area (Å²) in [5.74, 6) is -2.64. The molecule has 1 fully saturated rings. The molecule has 0 spiro atoms. The molecule has 0 aromatic heterocycles. The van der Waals surface area contributed by atoms with E-state index in [2.05, 4.69) is 0 Å². The Labute approximate surface area is 200 Å². The van der Waals surface area contributed by atoms with Gasteiger partial charge < -0.3 is 9.80 Å². The number of rotatable bonds is 5. The van der Waals surface area contributed by atoms with E-state index < -0.39 is 33.2 Å². The van der Waals surface area contributed by atoms with Crippen molar-refractivity contribution in [2.75, 3.05) is 37.3 Å². The summed E-state index contributed by atoms with van der Waals surface area (Å²) < 4.78 is 66.5. The first kappa shape index (κ1) is 24.5. The lowest BCUT2D eigenvalue weighted by atomic mass is 9.98. The lowest BCUT2D eigenvalue weighted by Crippen LogP contribution is -2.49. The number of halogens is 3. The van der Waals surface area contributed by atoms with Crippen molar-refractivity contribution in [2.24, 2.45) is 0 Å². The van der Waals surface area contributed by atoms with E-state index >= 15 is 0 Å². The quantitative estimate of drug-likeness (QED) is 0.494. The van der Waals surface area contributed by atoms with Crippen LogP contribution in [0, 0.1) is 17.5 Å². The van der Waals surface area contributed by atoms with E-state index in [1.54, 1.807) is 0 Å². The molecule has 0 bridgehead atoms. The molecule has 1 aliphatic heterocycles. The van der Waals surface area contributed by atoms with Crippen molar-refractivity contribution in [3.05, 3.63) is 83.2 Å². The van der Waals surface area contributed by atoms with Gasteiger partial charge in [-0.2, -0.15) is 0 Å². The molecule has 0 radical (unpaired) electrons. The minimum atomic E-state index is -3.60. The maximum absolute atomic E-state index is 14.4. The molecule has 1 amide bonds. The largest absolute Gasteiger partial charge is 0.363 e. The normalized spacial score (nSPS) is 14.2. The summed E-state index contributed by atoms with van der Waals surface area (Å²) in [5.41, 5.74) is 0.713. The molecule has 1 saturated heterocycles. The lowest BCUT2D eigenvalue weighted by Gasteiger charge is -2.36. The first-order chi connectivity index (χ1) is 16.6. The van der Waals surface area contributed by atoms with Crippen LogP contribution in [0.3, 0.4) is 0 Å². The molecule has 182 valence electrons. The third-order valence-electron chi connectivity index (χ3n) is 5.86. The fourth-order valence-electron chi connectivity index (χ4n) is 4.07. The molecule has 1 heterocycles. The molecule has 0 atom stereocenters. The van der Waals surface area contributed by atoms with Crippen molar-refractivity contribution >= 4 is 27.7 Å². The summed E-state index contributed by atoms with van der Waals surface area (Å²) in [6.07, 6.45) is 1.39. The van der Waals surface area contributed by atoms with Crippen LogP contribution in [0.25, 0.3) is 11.1 Å². The van der Waals surface area contributed by atoms with E-state index in [-0.39, 0.29) is 47.9 Å². The molecule has 4 rings (SSSR count). The number of anilines is 1. The van der Waals surface area contributed by atoms with Gasteiger partial charge in [0.2, 0.25) is 0 Å². The van der Waals surface area contributed by atoms with E-state index in [4.69, 9.17) is 0 Å². The SMILES string of the molecule is CS(=O)(=O)c1ccc(-c2ccc(F)cc2)c(C(=O)N2CCN(c3c(F)cc(C=O)cc3F)CC2)c1. The number of carbonyl (C=O) groups is 2. The number of hydrogen-bond acceptors (Lipinski definition) is 5. The summed E-state index contributed by atoms with van der Waals surface area (Å²) in [6, 6.07) is 11.6. The molecule has 0 N–H and O–H groups in total. The van der Waals surface area contributed by atoms with E-state index in [9.17, 15) is 31.2 Å². The van der Waals surface area contributed by atoms with Crippen LogP contribution in [0.5, 0.6) is 0 Å². The number of benzene rings is 3. The van der Waals surface area contributed by atoms with E-state index in [0.29, 0.717) is 17.4 Å². The van der Waals surface area contributed by atoms with Crippen LogP contribution in [0.4, 0.5) is 18.9 Å². The van der Waals surface area contributed by atoms with Crippen molar-refractivity contribution in [1.29, 1.82) is 0 Å². The van der Waals surface area contributed by atoms with Crippen molar-refractivity contribution < 1.29 is 31.2 Å². The van der Waals surface area contributed by atoms with Gasteiger partial charge in [-0.3, -0.25) is 9.59 Å². The highest BCUT2D eigenvalue weighted by molar-refractivity contribution is 7.90. The zero-order valence-electron chi connectivity index (χ0n) is 18.7. The van der Waals surface area contributed by atoms with Gasteiger partial charge in [0.15, 0.2) is 9.84 Å². The molecular formula is C25H21F3N2O4S. The summed E-state index contributed by atoms with van der Waals surface area (Å²) in [5, 5.41) is 0. The van der Waals surface area contributed by atoms with Crippen LogP contribution in [-0.2, 0) is 9.84 Å². The Bertz CT molecular complexity index is 1380. The van der Waals surface area contributed by atoms with Crippen LogP contribution in [0.15, 0.2) is 59.5 Å². The summed E-state index contributed by atoms with van der Waals surface area (Å²) in [4.78, 5) is 27.2. The predicted octanol–water partition coefficient (Wildman–Crippen LogP) is 3.95. The zero-order chi connectivity index (χ0) is 25.3. The molecule has 10 heteroatoms. The number of carbonyl (C=O) groups excluding carboxylic acids is 2. The van der Waals surface area contributed by atoms with E-state index in [1.807, 2.05) is 0 Å². The second kappa shape index (κ2) is 9.53. The number of nitrogens with zero attached hydrogens (tertiary/aromatic N) is 2. The Balaban J connectivity index is 1.62. The predicted molar refractivity (Wildman–Crippen MR) is 125 cm³/mol. The highest BCUT2D eigenvalue weighted by Crippen LogP contribution is 2.30. The van der Waals surface area contributed by atoms with Crippen molar-refractivity contribution in [3.8, 4) is 11.1 Å². The average molecular weight is 503 g/mol. The topological polar surface area (TPSA) is 74.8 Å². The third-order valence-corrected chi connectivity index (χ3v) is 6.97. The van der Waals surface area contributed by atoms with Gasteiger partial charge in [-0.05, 0) is 47.5 Å². The zero-order valence-corrected chi connectivity index (χ0v) is 19.5. The number of hydrogen-bond donors (Lipinski definition) is 0. The summed E-state index contributed by atoms with van der Waals surface area (Å²) in [6.45, 7) is 0.494. The van der Waals surface area contributed by atoms with Gasteiger partial charge in [0.1, 0.15) is 29.4 Å². The van der Waals surface area contributed by atoms with Gasteiger partial charge in [-0.15, -0.1) is 0 Å². The Morgan fingerprint density at radius 1 is 0.886 bits per heavy atom. The van der Waals surface area contributed by atoms with E-state index in [1.165, 1.54) is 52.3 Å². The van der Waals surface area contributed by atoms with Gasteiger partial charge in [0.25, 0.3) is 5.91 Å². The van der Waals surface area contributed by atoms with Crippen LogP contribution >= 0.6 is 0 Å². The Kier molecular flexibility index (Phi) is 6.66. The van der Waals surface area contributed by atoms with E-state index in [0.717, 1.165) is 18.4 Å². The number of amides is 1. The molecule has 0 aliphatic carbocycles. The second-order valence-electron chi connectivity index (χ2n) is 8.22. The Morgan fingerprint density at radius 2 is 1.49 bits per heavy atom. The first-order valence-corrected chi connectivity index (χ1v) is 12.6. The van der Waals surface area contributed by atoms with Crippen molar-refractivity contribution in [3.63, 3.8) is 0 Å². The van der Waals surface area contributed by atoms with Gasteiger partial charge in [0.05, 0.1) is 4.90 Å². The molecule has 3 aromatic rings. The van der Waals surface area contributed by atoms with Crippen LogP contribution in [0.2, 0.25) is 0 Å². The van der Waals surface area contributed by atoms with Crippen molar-refractivity contribution in [1.82, 2.24) is 4.90 Å². The van der Waals surface area contributed by atoms with Crippen LogP contribution in [0.1, 0.15) is 20.7 Å². The van der Waals surface area contributed by atoms with Crippen LogP contribution < -0.4 is 4.90 Å². The minimum absolute atomic E-state index is 0.0373. The maximum Gasteiger partial charge on any atom is 0.254 e. The fraction of sp³-hybridized carbons (Fsp3) is 0.200. The van der Waals surface area contributed by atoms with Gasteiger partial charge in [-0.1, -0.05) is 18.2 Å². The average Bonchev–Trinajstić information content (AvgIpc) is 2.83. The smallest absolute Gasteiger partial charge is 0.254 e. The van der Waals surface area contributed by atoms with Gasteiger partial charge in [-0.25, -0.2) is 21.6 Å². The number of aldehydes is 1. The monoisotopic (exact) mass is 502 g/mol. The molecular weight excluding hydrogens is 481 g/mol. The van der Waals surface area contributed by atoms with Gasteiger partial charge >= 0.3 is 0 Å². The van der Waals surface area contributed by atoms with Crippen molar-refractivity contribution in [2.45, 2.75) is 4.90 Å². The molecule has 0 saturated carbocycles. The molecule has 0 unspecified atom stereocenters. The standard InChI is InChI=1S/C25H21F3N2O4S/c1-35(33,34)19-6-7-20(17-2-4-18(26)5-3-17)21(14-19)25(32)30-10-8-29(9-11-30)24-22(27)12-16(15-31)13-23(24)28/h2-7,12-15H,8-11H2,1H3. The van der Waals surface area contributed by atoms with Gasteiger partial charge in [0, 0.05) is 43.6 Å². The molecule has 6 nitrogen and oxygen atoms in total. The molecule has 35 heavy (non-hydrogen) atoms. The summed E-state index contributed by atoms with van der Waals surface area (Å²) in [7, 11) is -3.60. The Morgan fingerprint density at radius 3 is 2.03 bits per heavy atom. The minimum Gasteiger partial charge on any atom is -0.363 e. The lowest BCUT2D eigenvalue weighted by molar-refractivity contribution is 0.0747. The first-order valence-electron chi connectivity index (χ1n) is 10.7. The highest BCUT2D eigenvalue weighted by atomic mass is 32.2. The number of sulfone groups is 1.